The summed E-state index contributed by atoms with van der Waals surface area (Å²) in [5.41, 5.74) is 5.01. The van der Waals surface area contributed by atoms with Gasteiger partial charge in [-0.05, 0) is 80.6 Å². The summed E-state index contributed by atoms with van der Waals surface area (Å²) in [6.07, 6.45) is 4.80. The van der Waals surface area contributed by atoms with E-state index in [1.165, 1.54) is 18.1 Å². The molecule has 0 unspecified atom stereocenters. The van der Waals surface area contributed by atoms with E-state index in [-0.39, 0.29) is 16.1 Å². The van der Waals surface area contributed by atoms with Crippen molar-refractivity contribution in [3.05, 3.63) is 80.5 Å². The Kier molecular flexibility index (Phi) is 6.95. The SMILES string of the molecule is Cc1cc(-c2c(OCC[C@@H]3CCN3)c3cc([14C](=O)Nc4ccncn4)c(Cl)cc3[nH]c2=O)cc(C)c1C. The van der Waals surface area contributed by atoms with E-state index in [1.54, 1.807) is 18.2 Å². The highest BCUT2D eigenvalue weighted by Gasteiger charge is 2.22. The van der Waals surface area contributed by atoms with Gasteiger partial charge in [0.15, 0.2) is 0 Å². The van der Waals surface area contributed by atoms with Crippen LogP contribution in [0.25, 0.3) is 22.0 Å². The first kappa shape index (κ1) is 24.9. The number of amides is 1. The second-order valence-corrected chi connectivity index (χ2v) is 9.80. The average Bonchev–Trinajstić information content (AvgIpc) is 2.83. The van der Waals surface area contributed by atoms with E-state index in [2.05, 4.69) is 32.5 Å². The first-order valence-electron chi connectivity index (χ1n) is 12.2. The number of ether oxygens (including phenoxy) is 1. The molecule has 0 spiro atoms. The Hall–Kier alpha value is -3.75. The van der Waals surface area contributed by atoms with Gasteiger partial charge in [-0.3, -0.25) is 9.59 Å². The molecule has 0 radical (unpaired) electrons. The number of nitrogens with one attached hydrogen (secondary N) is 3. The van der Waals surface area contributed by atoms with Crippen LogP contribution in [0.5, 0.6) is 5.75 Å². The van der Waals surface area contributed by atoms with Crippen molar-refractivity contribution < 1.29 is 9.53 Å². The number of halogens is 1. The normalized spacial score (nSPS) is 14.9. The molecule has 2 aromatic carbocycles. The topological polar surface area (TPSA) is 109 Å². The van der Waals surface area contributed by atoms with Gasteiger partial charge < -0.3 is 20.4 Å². The van der Waals surface area contributed by atoms with E-state index in [9.17, 15) is 9.59 Å². The molecule has 5 rings (SSSR count). The minimum Gasteiger partial charge on any atom is -0.492 e. The number of pyridine rings is 1. The maximum Gasteiger partial charge on any atom is 0.260 e. The summed E-state index contributed by atoms with van der Waals surface area (Å²) in [6.45, 7) is 7.55. The smallest absolute Gasteiger partial charge is 0.260 e. The number of carbonyl (C=O) groups is 1. The second kappa shape index (κ2) is 10.3. The molecule has 3 N–H and O–H groups in total. The van der Waals surface area contributed by atoms with E-state index >= 15 is 0 Å². The number of aryl methyl sites for hydroxylation is 2. The Morgan fingerprint density at radius 1 is 1.19 bits per heavy atom. The van der Waals surface area contributed by atoms with Crippen molar-refractivity contribution in [2.75, 3.05) is 18.5 Å². The lowest BCUT2D eigenvalue weighted by atomic mass is 9.95. The van der Waals surface area contributed by atoms with Gasteiger partial charge in [-0.25, -0.2) is 9.97 Å². The van der Waals surface area contributed by atoms with Gasteiger partial charge >= 0.3 is 0 Å². The number of hydrogen-bond acceptors (Lipinski definition) is 6. The number of aromatic amines is 1. The first-order chi connectivity index (χ1) is 17.8. The van der Waals surface area contributed by atoms with Crippen molar-refractivity contribution in [2.24, 2.45) is 0 Å². The van der Waals surface area contributed by atoms with Crippen molar-refractivity contribution in [3.63, 3.8) is 0 Å². The van der Waals surface area contributed by atoms with Crippen LogP contribution < -0.4 is 20.9 Å². The molecule has 37 heavy (non-hydrogen) atoms. The fourth-order valence-corrected chi connectivity index (χ4v) is 4.75. The zero-order chi connectivity index (χ0) is 26.1. The predicted octanol–water partition coefficient (Wildman–Crippen LogP) is 4.95. The molecule has 190 valence electrons. The molecule has 1 atom stereocenters. The zero-order valence-corrected chi connectivity index (χ0v) is 21.7. The Morgan fingerprint density at radius 3 is 2.59 bits per heavy atom. The van der Waals surface area contributed by atoms with Crippen molar-refractivity contribution >= 4 is 34.2 Å². The van der Waals surface area contributed by atoms with Crippen LogP contribution in [0.1, 0.15) is 39.9 Å². The van der Waals surface area contributed by atoms with E-state index in [0.29, 0.717) is 40.7 Å². The Balaban J connectivity index is 1.64. The summed E-state index contributed by atoms with van der Waals surface area (Å²) < 4.78 is 6.34. The van der Waals surface area contributed by atoms with E-state index in [4.69, 9.17) is 16.3 Å². The molecule has 0 aliphatic carbocycles. The fraction of sp³-hybridized carbons (Fsp3) is 0.286. The number of carbonyl (C=O) groups excluding carboxylic acids is 1. The molecule has 8 nitrogen and oxygen atoms in total. The number of benzene rings is 2. The van der Waals surface area contributed by atoms with E-state index < -0.39 is 5.91 Å². The molecule has 0 bridgehead atoms. The Morgan fingerprint density at radius 2 is 1.95 bits per heavy atom. The largest absolute Gasteiger partial charge is 0.492 e. The quantitative estimate of drug-likeness (QED) is 0.319. The van der Waals surface area contributed by atoms with Crippen LogP contribution in [-0.2, 0) is 0 Å². The van der Waals surface area contributed by atoms with E-state index in [1.807, 2.05) is 26.0 Å². The lowest BCUT2D eigenvalue weighted by Gasteiger charge is -2.27. The number of rotatable bonds is 7. The molecule has 9 heteroatoms. The van der Waals surface area contributed by atoms with Crippen molar-refractivity contribution in [1.29, 1.82) is 0 Å². The lowest BCUT2D eigenvalue weighted by molar-refractivity contribution is 0.102. The highest BCUT2D eigenvalue weighted by atomic mass is 35.5. The van der Waals surface area contributed by atoms with Gasteiger partial charge in [0.25, 0.3) is 11.5 Å². The highest BCUT2D eigenvalue weighted by Crippen LogP contribution is 2.37. The number of fused-ring (bicyclic) bond motifs is 1. The van der Waals surface area contributed by atoms with E-state index in [0.717, 1.165) is 36.1 Å². The third-order valence-corrected chi connectivity index (χ3v) is 7.29. The second-order valence-electron chi connectivity index (χ2n) is 9.40. The van der Waals surface area contributed by atoms with Gasteiger partial charge in [0.05, 0.1) is 28.3 Å². The van der Waals surface area contributed by atoms with Gasteiger partial charge in [-0.2, -0.15) is 0 Å². The molecule has 4 aromatic rings. The highest BCUT2D eigenvalue weighted by molar-refractivity contribution is 6.35. The van der Waals surface area contributed by atoms with Crippen molar-refractivity contribution in [2.45, 2.75) is 39.7 Å². The molecular weight excluding hydrogens is 492 g/mol. The number of H-pyrrole nitrogens is 1. The predicted molar refractivity (Wildman–Crippen MR) is 146 cm³/mol. The summed E-state index contributed by atoms with van der Waals surface area (Å²) in [4.78, 5) is 37.4. The third-order valence-electron chi connectivity index (χ3n) is 6.98. The maximum atomic E-state index is 13.4. The molecule has 1 aliphatic rings. The maximum absolute atomic E-state index is 13.4. The summed E-state index contributed by atoms with van der Waals surface area (Å²) in [6, 6.07) is 9.24. The monoisotopic (exact) mass is 519 g/mol. The van der Waals surface area contributed by atoms with Gasteiger partial charge in [0.2, 0.25) is 0 Å². The number of nitrogens with zero attached hydrogens (tertiary/aromatic N) is 2. The zero-order valence-electron chi connectivity index (χ0n) is 20.9. The average molecular weight is 520 g/mol. The van der Waals surface area contributed by atoms with Gasteiger partial charge in [0.1, 0.15) is 17.9 Å². The summed E-state index contributed by atoms with van der Waals surface area (Å²) in [7, 11) is 0. The molecule has 2 aromatic heterocycles. The Labute approximate surface area is 219 Å². The summed E-state index contributed by atoms with van der Waals surface area (Å²) in [5.74, 6) is 0.367. The van der Waals surface area contributed by atoms with Crippen LogP contribution >= 0.6 is 11.6 Å². The third kappa shape index (κ3) is 5.08. The molecule has 1 fully saturated rings. The van der Waals surface area contributed by atoms with Gasteiger partial charge in [-0.1, -0.05) is 23.7 Å². The van der Waals surface area contributed by atoms with Gasteiger partial charge in [-0.15, -0.1) is 0 Å². The van der Waals surface area contributed by atoms with Crippen LogP contribution in [0.3, 0.4) is 0 Å². The standard InChI is InChI=1S/C28H28ClN5O3/c1-15-10-18(11-16(2)17(15)3)25-26(37-9-6-19-4-8-31-19)21-12-20(22(29)13-23(21)33-28(25)36)27(35)34-24-5-7-30-14-32-24/h5,7,10-14,19,31H,4,6,8-9H2,1-3H3,(H,33,36)(H,30,32,34,35)/t19-/m0/s1/i27+2. The van der Waals surface area contributed by atoms with Crippen LogP contribution in [-0.4, -0.2) is 40.1 Å². The van der Waals surface area contributed by atoms with Crippen LogP contribution in [0.2, 0.25) is 5.02 Å². The summed E-state index contributed by atoms with van der Waals surface area (Å²) >= 11 is 6.49. The minimum atomic E-state index is -0.426. The minimum absolute atomic E-state index is 0.203. The van der Waals surface area contributed by atoms with Crippen LogP contribution in [0.4, 0.5) is 5.82 Å². The molecule has 0 saturated carbocycles. The van der Waals surface area contributed by atoms with Crippen molar-refractivity contribution in [3.8, 4) is 16.9 Å². The number of hydrogen-bond donors (Lipinski definition) is 3. The molecule has 1 aliphatic heterocycles. The lowest BCUT2D eigenvalue weighted by Crippen LogP contribution is -2.43. The van der Waals surface area contributed by atoms with Crippen molar-refractivity contribution in [1.82, 2.24) is 20.3 Å². The molecule has 3 heterocycles. The Bertz CT molecular complexity index is 1520. The summed E-state index contributed by atoms with van der Waals surface area (Å²) in [5, 5.41) is 6.92. The first-order valence-corrected chi connectivity index (χ1v) is 12.6. The molecular formula is C28H28ClN5O3. The fourth-order valence-electron chi connectivity index (χ4n) is 4.50. The number of aromatic nitrogens is 3. The van der Waals surface area contributed by atoms with Crippen LogP contribution in [0.15, 0.2) is 47.7 Å². The molecule has 1 amide bonds. The van der Waals surface area contributed by atoms with Gasteiger partial charge in [0, 0.05) is 17.6 Å². The molecule has 1 saturated heterocycles. The van der Waals surface area contributed by atoms with Crippen LogP contribution in [0, 0.1) is 20.8 Å². The number of anilines is 1.